The van der Waals surface area contributed by atoms with E-state index in [-0.39, 0.29) is 0 Å². The Bertz CT molecular complexity index is 814. The van der Waals surface area contributed by atoms with E-state index in [0.29, 0.717) is 30.5 Å². The van der Waals surface area contributed by atoms with Gasteiger partial charge in [-0.2, -0.15) is 4.80 Å². The third-order valence-electron chi connectivity index (χ3n) is 10.8. The second-order valence-electron chi connectivity index (χ2n) is 12.3. The van der Waals surface area contributed by atoms with Crippen LogP contribution in [0.15, 0.2) is 0 Å². The van der Waals surface area contributed by atoms with Gasteiger partial charge in [0.1, 0.15) is 0 Å². The Kier molecular flexibility index (Phi) is 6.63. The molecule has 4 aliphatic rings. The zero-order chi connectivity index (χ0) is 23.2. The van der Waals surface area contributed by atoms with Crippen LogP contribution in [-0.4, -0.2) is 44.1 Å². The van der Waals surface area contributed by atoms with Crippen LogP contribution in [0.1, 0.15) is 90.8 Å². The molecule has 9 atom stereocenters. The van der Waals surface area contributed by atoms with Gasteiger partial charge in [-0.1, -0.05) is 20.3 Å². The molecule has 5 rings (SSSR count). The number of aromatic nitrogens is 4. The van der Waals surface area contributed by atoms with Gasteiger partial charge < -0.3 is 9.84 Å². The molecule has 0 aliphatic heterocycles. The first kappa shape index (κ1) is 23.7. The highest BCUT2D eigenvalue weighted by atomic mass is 16.5. The van der Waals surface area contributed by atoms with E-state index >= 15 is 0 Å². The molecule has 1 heterocycles. The Labute approximate surface area is 200 Å². The molecule has 4 aliphatic carbocycles. The summed E-state index contributed by atoms with van der Waals surface area (Å²) in [4.78, 5) is 1.85. The number of hydrogen-bond acceptors (Lipinski definition) is 5. The largest absolute Gasteiger partial charge is 0.387 e. The van der Waals surface area contributed by atoms with Gasteiger partial charge in [0.15, 0.2) is 5.82 Å². The van der Waals surface area contributed by atoms with E-state index in [0.717, 1.165) is 54.8 Å². The molecule has 1 unspecified atom stereocenters. The first-order valence-corrected chi connectivity index (χ1v) is 13.9. The normalized spacial score (nSPS) is 43.5. The van der Waals surface area contributed by atoms with Crippen molar-refractivity contribution in [2.75, 3.05) is 13.2 Å². The molecule has 1 aromatic rings. The van der Waals surface area contributed by atoms with Gasteiger partial charge in [0, 0.05) is 6.61 Å². The molecule has 0 radical (unpaired) electrons. The van der Waals surface area contributed by atoms with E-state index in [4.69, 9.17) is 4.74 Å². The van der Waals surface area contributed by atoms with Crippen molar-refractivity contribution in [3.63, 3.8) is 0 Å². The lowest BCUT2D eigenvalue weighted by molar-refractivity contribution is -0.130. The van der Waals surface area contributed by atoms with Gasteiger partial charge in [-0.3, -0.25) is 0 Å². The average molecular weight is 459 g/mol. The first-order chi connectivity index (χ1) is 15.9. The number of nitrogens with zero attached hydrogens (tertiary/aromatic N) is 4. The molecule has 0 bridgehead atoms. The van der Waals surface area contributed by atoms with Gasteiger partial charge in [0.2, 0.25) is 0 Å². The van der Waals surface area contributed by atoms with Crippen LogP contribution >= 0.6 is 0 Å². The van der Waals surface area contributed by atoms with Gasteiger partial charge in [-0.15, -0.1) is 10.2 Å². The van der Waals surface area contributed by atoms with Crippen molar-refractivity contribution >= 4 is 0 Å². The van der Waals surface area contributed by atoms with Crippen molar-refractivity contribution in [1.82, 2.24) is 20.2 Å². The van der Waals surface area contributed by atoms with E-state index in [1.54, 1.807) is 0 Å². The number of fused-ring (bicyclic) bond motifs is 5. The molecule has 0 saturated heterocycles. The topological polar surface area (TPSA) is 73.1 Å². The summed E-state index contributed by atoms with van der Waals surface area (Å²) in [5.41, 5.74) is -0.109. The summed E-state index contributed by atoms with van der Waals surface area (Å²) in [6.45, 7) is 11.1. The molecule has 4 fully saturated rings. The highest BCUT2D eigenvalue weighted by molar-refractivity contribution is 5.07. The van der Waals surface area contributed by atoms with Crippen LogP contribution in [0.2, 0.25) is 0 Å². The summed E-state index contributed by atoms with van der Waals surface area (Å²) < 4.78 is 5.66. The predicted molar refractivity (Wildman–Crippen MR) is 128 cm³/mol. The Morgan fingerprint density at radius 2 is 1.88 bits per heavy atom. The Morgan fingerprint density at radius 1 is 1.06 bits per heavy atom. The second-order valence-corrected chi connectivity index (χ2v) is 12.3. The van der Waals surface area contributed by atoms with Crippen LogP contribution in [0.25, 0.3) is 0 Å². The lowest BCUT2D eigenvalue weighted by Crippen LogP contribution is -2.52. The molecule has 33 heavy (non-hydrogen) atoms. The molecule has 1 aromatic heterocycles. The summed E-state index contributed by atoms with van der Waals surface area (Å²) >= 11 is 0. The minimum absolute atomic E-state index is 0.467. The van der Waals surface area contributed by atoms with Crippen molar-refractivity contribution in [3.8, 4) is 0 Å². The summed E-state index contributed by atoms with van der Waals surface area (Å²) in [5.74, 6) is 6.40. The molecule has 1 N–H and O–H groups in total. The maximum Gasteiger partial charge on any atom is 0.171 e. The Morgan fingerprint density at radius 3 is 2.61 bits per heavy atom. The monoisotopic (exact) mass is 458 g/mol. The fourth-order valence-electron chi connectivity index (χ4n) is 9.35. The summed E-state index contributed by atoms with van der Waals surface area (Å²) in [6.07, 6.45) is 12.6. The standard InChI is InChI=1S/C27H46N4O2/c1-5-19(16-31-29-18(3)28-30-31)24-9-10-25-23-8-7-20-15-27(32,17-33-6-2)14-12-21(20)22(23)11-13-26(24,25)4/h19-25,32H,5-17H2,1-4H3/t19-,20-,21+,22-,23-,24-,25?,26-,27-/m1/s1. The van der Waals surface area contributed by atoms with Gasteiger partial charge >= 0.3 is 0 Å². The molecule has 0 aromatic carbocycles. The first-order valence-electron chi connectivity index (χ1n) is 13.9. The lowest BCUT2D eigenvalue weighted by atomic mass is 9.48. The number of hydrogen-bond donors (Lipinski definition) is 1. The van der Waals surface area contributed by atoms with Gasteiger partial charge in [-0.05, 0) is 124 Å². The molecular formula is C27H46N4O2. The number of tetrazole rings is 1. The minimum Gasteiger partial charge on any atom is -0.387 e. The molecule has 6 nitrogen and oxygen atoms in total. The van der Waals surface area contributed by atoms with Gasteiger partial charge in [0.25, 0.3) is 0 Å². The quantitative estimate of drug-likeness (QED) is 0.619. The third-order valence-corrected chi connectivity index (χ3v) is 10.8. The van der Waals surface area contributed by atoms with Gasteiger partial charge in [-0.25, -0.2) is 0 Å². The van der Waals surface area contributed by atoms with Crippen LogP contribution in [0, 0.1) is 53.8 Å². The van der Waals surface area contributed by atoms with Crippen LogP contribution in [0.5, 0.6) is 0 Å². The average Bonchev–Trinajstić information content (AvgIpc) is 3.38. The third kappa shape index (κ3) is 4.28. The fourth-order valence-corrected chi connectivity index (χ4v) is 9.35. The van der Waals surface area contributed by atoms with Gasteiger partial charge in [0.05, 0.1) is 18.8 Å². The van der Waals surface area contributed by atoms with E-state index in [9.17, 15) is 5.11 Å². The maximum absolute atomic E-state index is 11.1. The molecule has 0 spiro atoms. The van der Waals surface area contributed by atoms with Crippen molar-refractivity contribution in [2.45, 2.75) is 104 Å². The second kappa shape index (κ2) is 9.22. The fraction of sp³-hybridized carbons (Fsp3) is 0.963. The van der Waals surface area contributed by atoms with Crippen molar-refractivity contribution in [1.29, 1.82) is 0 Å². The zero-order valence-corrected chi connectivity index (χ0v) is 21.4. The molecule has 0 amide bonds. The van der Waals surface area contributed by atoms with Crippen LogP contribution in [-0.2, 0) is 11.3 Å². The number of rotatable bonds is 7. The van der Waals surface area contributed by atoms with E-state index < -0.39 is 5.60 Å². The number of ether oxygens (including phenoxy) is 1. The summed E-state index contributed by atoms with van der Waals surface area (Å²) in [7, 11) is 0. The Balaban J connectivity index is 1.28. The minimum atomic E-state index is -0.576. The molecule has 4 saturated carbocycles. The number of aliphatic hydroxyl groups is 1. The maximum atomic E-state index is 11.1. The summed E-state index contributed by atoms with van der Waals surface area (Å²) in [6, 6.07) is 0. The molecule has 6 heteroatoms. The lowest BCUT2D eigenvalue weighted by Gasteiger charge is -2.57. The highest BCUT2D eigenvalue weighted by Gasteiger charge is 2.58. The smallest absolute Gasteiger partial charge is 0.171 e. The molecule has 186 valence electrons. The van der Waals surface area contributed by atoms with Crippen LogP contribution in [0.3, 0.4) is 0 Å². The summed E-state index contributed by atoms with van der Waals surface area (Å²) in [5, 5.41) is 24.0. The van der Waals surface area contributed by atoms with Crippen molar-refractivity contribution < 1.29 is 9.84 Å². The predicted octanol–water partition coefficient (Wildman–Crippen LogP) is 5.04. The van der Waals surface area contributed by atoms with E-state index in [2.05, 4.69) is 29.3 Å². The van der Waals surface area contributed by atoms with Crippen LogP contribution in [0.4, 0.5) is 0 Å². The van der Waals surface area contributed by atoms with Crippen LogP contribution < -0.4 is 0 Å². The zero-order valence-electron chi connectivity index (χ0n) is 21.4. The Hall–Kier alpha value is -1.01. The highest BCUT2D eigenvalue weighted by Crippen LogP contribution is 2.66. The number of aryl methyl sites for hydroxylation is 1. The SMILES string of the molecule is CCOC[C@@]1(O)CC[C@H]2[C@H](CC[C@H]3C4CC[C@H]([C@H](CC)Cn5nnc(C)n5)[C@@]4(C)CC[C@H]23)C1. The van der Waals surface area contributed by atoms with Crippen molar-refractivity contribution in [2.24, 2.45) is 46.8 Å². The molecular weight excluding hydrogens is 412 g/mol. The van der Waals surface area contributed by atoms with E-state index in [1.165, 1.54) is 51.4 Å². The van der Waals surface area contributed by atoms with E-state index in [1.807, 2.05) is 18.6 Å². The van der Waals surface area contributed by atoms with Crippen molar-refractivity contribution in [3.05, 3.63) is 5.82 Å².